The molecule has 1 saturated heterocycles. The van der Waals surface area contributed by atoms with Crippen molar-refractivity contribution in [2.45, 2.75) is 5.92 Å². The van der Waals surface area contributed by atoms with Gasteiger partial charge in [-0.15, -0.1) is 0 Å². The molecule has 6 nitrogen and oxygen atoms in total. The normalized spacial score (nSPS) is 20.3. The van der Waals surface area contributed by atoms with E-state index in [1.165, 1.54) is 12.1 Å². The van der Waals surface area contributed by atoms with Crippen molar-refractivity contribution >= 4 is 17.5 Å². The first-order valence-corrected chi connectivity index (χ1v) is 7.62. The average molecular weight is 323 g/mol. The molecule has 0 spiro atoms. The lowest BCUT2D eigenvalue weighted by Crippen LogP contribution is -2.38. The minimum absolute atomic E-state index is 0.0200. The third-order valence-electron chi connectivity index (χ3n) is 4.10. The lowest BCUT2D eigenvalue weighted by molar-refractivity contribution is -0.384. The summed E-state index contributed by atoms with van der Waals surface area (Å²) in [5, 5.41) is 10.9. The summed E-state index contributed by atoms with van der Waals surface area (Å²) in [6.07, 6.45) is 5.11. The van der Waals surface area contributed by atoms with Crippen molar-refractivity contribution in [1.29, 1.82) is 0 Å². The minimum Gasteiger partial charge on any atom is -0.301 e. The first-order valence-electron chi connectivity index (χ1n) is 7.62. The second-order valence-corrected chi connectivity index (χ2v) is 5.92. The van der Waals surface area contributed by atoms with Crippen LogP contribution in [0, 0.1) is 10.1 Å². The van der Waals surface area contributed by atoms with E-state index in [1.807, 2.05) is 19.2 Å². The highest BCUT2D eigenvalue weighted by atomic mass is 16.6. The van der Waals surface area contributed by atoms with E-state index in [0.29, 0.717) is 24.2 Å². The molecule has 6 heteroatoms. The zero-order valence-corrected chi connectivity index (χ0v) is 13.3. The van der Waals surface area contributed by atoms with E-state index in [9.17, 15) is 14.9 Å². The van der Waals surface area contributed by atoms with Gasteiger partial charge in [0.05, 0.1) is 10.8 Å². The molecule has 24 heavy (non-hydrogen) atoms. The number of nitro groups is 1. The summed E-state index contributed by atoms with van der Waals surface area (Å²) in [6, 6.07) is 10.0. The van der Waals surface area contributed by atoms with Crippen molar-refractivity contribution < 1.29 is 9.72 Å². The Kier molecular flexibility index (Phi) is 4.48. The largest absolute Gasteiger partial charge is 0.301 e. The Morgan fingerprint density at radius 3 is 2.75 bits per heavy atom. The number of likely N-dealkylation sites (tertiary alicyclic amines) is 1. The van der Waals surface area contributed by atoms with Gasteiger partial charge in [-0.2, -0.15) is 0 Å². The summed E-state index contributed by atoms with van der Waals surface area (Å²) in [4.78, 5) is 29.4. The van der Waals surface area contributed by atoms with E-state index in [4.69, 9.17) is 0 Å². The van der Waals surface area contributed by atoms with E-state index in [0.717, 1.165) is 5.56 Å². The fraction of sp³-hybridized carbons (Fsp3) is 0.222. The molecule has 0 N–H and O–H groups in total. The van der Waals surface area contributed by atoms with Gasteiger partial charge in [0.15, 0.2) is 5.78 Å². The summed E-state index contributed by atoms with van der Waals surface area (Å²) in [7, 11) is 1.96. The predicted octanol–water partition coefficient (Wildman–Crippen LogP) is 2.67. The molecule has 1 aromatic carbocycles. The zero-order chi connectivity index (χ0) is 17.1. The standard InChI is InChI=1S/C18H17N3O3/c1-20-11-15(9-13-3-2-4-16(10-13)21(23)24)18(22)17(12-20)14-5-7-19-8-6-14/h2-10,17H,11-12H2,1H3. The average Bonchev–Trinajstić information content (AvgIpc) is 2.59. The highest BCUT2D eigenvalue weighted by Gasteiger charge is 2.30. The molecule has 0 aliphatic carbocycles. The number of ketones is 1. The van der Waals surface area contributed by atoms with Crippen LogP contribution in [0.3, 0.4) is 0 Å². The molecular weight excluding hydrogens is 306 g/mol. The SMILES string of the molecule is CN1CC(=Cc2cccc([N+](=O)[O-])c2)C(=O)C(c2ccncc2)C1. The molecule has 1 atom stereocenters. The number of rotatable bonds is 3. The number of piperidine rings is 1. The van der Waals surface area contributed by atoms with Crippen LogP contribution in [0.15, 0.2) is 54.4 Å². The molecule has 0 saturated carbocycles. The molecule has 1 aliphatic heterocycles. The van der Waals surface area contributed by atoms with Crippen LogP contribution in [0.4, 0.5) is 5.69 Å². The Balaban J connectivity index is 1.93. The smallest absolute Gasteiger partial charge is 0.270 e. The van der Waals surface area contributed by atoms with E-state index in [2.05, 4.69) is 9.88 Å². The first-order chi connectivity index (χ1) is 11.5. The molecule has 0 amide bonds. The number of nitro benzene ring substituents is 1. The van der Waals surface area contributed by atoms with Crippen molar-refractivity contribution in [2.75, 3.05) is 20.1 Å². The van der Waals surface area contributed by atoms with Crippen molar-refractivity contribution in [3.8, 4) is 0 Å². The van der Waals surface area contributed by atoms with Gasteiger partial charge in [0, 0.05) is 43.2 Å². The van der Waals surface area contributed by atoms with Crippen LogP contribution in [0.2, 0.25) is 0 Å². The molecule has 0 bridgehead atoms. The van der Waals surface area contributed by atoms with Crippen molar-refractivity contribution in [3.63, 3.8) is 0 Å². The maximum Gasteiger partial charge on any atom is 0.270 e. The third-order valence-corrected chi connectivity index (χ3v) is 4.10. The quantitative estimate of drug-likeness (QED) is 0.493. The maximum atomic E-state index is 12.8. The van der Waals surface area contributed by atoms with Crippen LogP contribution in [0.25, 0.3) is 6.08 Å². The monoisotopic (exact) mass is 323 g/mol. The van der Waals surface area contributed by atoms with Gasteiger partial charge in [-0.05, 0) is 36.4 Å². The van der Waals surface area contributed by atoms with Gasteiger partial charge in [-0.3, -0.25) is 19.9 Å². The van der Waals surface area contributed by atoms with Gasteiger partial charge in [-0.25, -0.2) is 0 Å². The summed E-state index contributed by atoms with van der Waals surface area (Å²) >= 11 is 0. The Morgan fingerprint density at radius 1 is 1.29 bits per heavy atom. The van der Waals surface area contributed by atoms with Gasteiger partial charge >= 0.3 is 0 Å². The third kappa shape index (κ3) is 3.38. The lowest BCUT2D eigenvalue weighted by atomic mass is 9.86. The summed E-state index contributed by atoms with van der Waals surface area (Å²) in [5.41, 5.74) is 2.28. The van der Waals surface area contributed by atoms with Gasteiger partial charge in [0.1, 0.15) is 0 Å². The number of non-ortho nitro benzene ring substituents is 1. The van der Waals surface area contributed by atoms with E-state index in [-0.39, 0.29) is 17.4 Å². The van der Waals surface area contributed by atoms with Gasteiger partial charge in [0.25, 0.3) is 5.69 Å². The number of aromatic nitrogens is 1. The van der Waals surface area contributed by atoms with E-state index >= 15 is 0 Å². The molecule has 1 unspecified atom stereocenters. The van der Waals surface area contributed by atoms with Crippen molar-refractivity contribution in [2.24, 2.45) is 0 Å². The Morgan fingerprint density at radius 2 is 2.04 bits per heavy atom. The number of nitrogens with zero attached hydrogens (tertiary/aromatic N) is 3. The van der Waals surface area contributed by atoms with Crippen LogP contribution < -0.4 is 0 Å². The lowest BCUT2D eigenvalue weighted by Gasteiger charge is -2.30. The van der Waals surface area contributed by atoms with Gasteiger partial charge in [0.2, 0.25) is 0 Å². The minimum atomic E-state index is -0.434. The number of carbonyl (C=O) groups excluding carboxylic acids is 1. The van der Waals surface area contributed by atoms with E-state index < -0.39 is 4.92 Å². The number of benzene rings is 1. The zero-order valence-electron chi connectivity index (χ0n) is 13.3. The van der Waals surface area contributed by atoms with Crippen LogP contribution >= 0.6 is 0 Å². The number of likely N-dealkylation sites (N-methyl/N-ethyl adjacent to an activating group) is 1. The molecule has 122 valence electrons. The van der Waals surface area contributed by atoms with Crippen molar-refractivity contribution in [3.05, 3.63) is 75.6 Å². The highest BCUT2D eigenvalue weighted by molar-refractivity contribution is 6.05. The number of hydrogen-bond acceptors (Lipinski definition) is 5. The Hall–Kier alpha value is -2.86. The number of hydrogen-bond donors (Lipinski definition) is 0. The van der Waals surface area contributed by atoms with E-state index in [1.54, 1.807) is 30.6 Å². The van der Waals surface area contributed by atoms with Crippen LogP contribution in [-0.2, 0) is 4.79 Å². The first kappa shape index (κ1) is 16.0. The highest BCUT2D eigenvalue weighted by Crippen LogP contribution is 2.27. The molecular formula is C18H17N3O3. The maximum absolute atomic E-state index is 12.8. The Bertz CT molecular complexity index is 802. The molecule has 1 aliphatic rings. The summed E-state index contributed by atoms with van der Waals surface area (Å²) in [6.45, 7) is 1.18. The Labute approximate surface area is 139 Å². The fourth-order valence-corrected chi connectivity index (χ4v) is 2.95. The second-order valence-electron chi connectivity index (χ2n) is 5.92. The molecule has 1 aromatic heterocycles. The van der Waals surface area contributed by atoms with Crippen LogP contribution in [-0.4, -0.2) is 40.7 Å². The van der Waals surface area contributed by atoms with Gasteiger partial charge < -0.3 is 4.90 Å². The molecule has 2 aromatic rings. The molecule has 3 rings (SSSR count). The summed E-state index contributed by atoms with van der Waals surface area (Å²) < 4.78 is 0. The second kappa shape index (κ2) is 6.72. The molecule has 2 heterocycles. The predicted molar refractivity (Wildman–Crippen MR) is 90.6 cm³/mol. The number of carbonyl (C=O) groups is 1. The molecule has 0 radical (unpaired) electrons. The van der Waals surface area contributed by atoms with Crippen LogP contribution in [0.5, 0.6) is 0 Å². The molecule has 1 fully saturated rings. The number of Topliss-reactive ketones (excluding diaryl/α,β-unsaturated/α-hetero) is 1. The number of pyridine rings is 1. The van der Waals surface area contributed by atoms with Crippen molar-refractivity contribution in [1.82, 2.24) is 9.88 Å². The fourth-order valence-electron chi connectivity index (χ4n) is 2.95. The van der Waals surface area contributed by atoms with Crippen LogP contribution in [0.1, 0.15) is 17.0 Å². The summed E-state index contributed by atoms with van der Waals surface area (Å²) in [5.74, 6) is -0.178. The van der Waals surface area contributed by atoms with Gasteiger partial charge in [-0.1, -0.05) is 12.1 Å². The topological polar surface area (TPSA) is 76.3 Å².